The van der Waals surface area contributed by atoms with Gasteiger partial charge in [-0.3, -0.25) is 0 Å². The molecule has 1 atom stereocenters. The molecule has 2 rings (SSSR count). The van der Waals surface area contributed by atoms with Gasteiger partial charge in [-0.2, -0.15) is 0 Å². The summed E-state index contributed by atoms with van der Waals surface area (Å²) in [6, 6.07) is 6.13. The lowest BCUT2D eigenvalue weighted by molar-refractivity contribution is 0.142. The Balaban J connectivity index is 2.09. The highest BCUT2D eigenvalue weighted by Crippen LogP contribution is 2.30. The lowest BCUT2D eigenvalue weighted by atomic mass is 9.99. The van der Waals surface area contributed by atoms with Crippen LogP contribution in [0.5, 0.6) is 5.75 Å². The van der Waals surface area contributed by atoms with E-state index in [2.05, 4.69) is 25.2 Å². The molecule has 1 aliphatic heterocycles. The van der Waals surface area contributed by atoms with Crippen molar-refractivity contribution >= 4 is 11.6 Å². The summed E-state index contributed by atoms with van der Waals surface area (Å²) >= 11 is 6.21. The summed E-state index contributed by atoms with van der Waals surface area (Å²) in [5, 5.41) is 3.90. The van der Waals surface area contributed by atoms with E-state index in [9.17, 15) is 0 Å². The predicted molar refractivity (Wildman–Crippen MR) is 67.4 cm³/mol. The van der Waals surface area contributed by atoms with Gasteiger partial charge in [0.2, 0.25) is 0 Å². The fourth-order valence-corrected chi connectivity index (χ4v) is 1.91. The average molecular weight is 240 g/mol. The second-order valence-electron chi connectivity index (χ2n) is 4.40. The average Bonchev–Trinajstić information content (AvgIpc) is 2.23. The van der Waals surface area contributed by atoms with Crippen LogP contribution < -0.4 is 10.1 Å². The number of benzene rings is 1. The van der Waals surface area contributed by atoms with Crippen molar-refractivity contribution < 1.29 is 4.74 Å². The van der Waals surface area contributed by atoms with Gasteiger partial charge in [-0.25, -0.2) is 0 Å². The number of hydrogen-bond donors (Lipinski definition) is 1. The van der Waals surface area contributed by atoms with Crippen LogP contribution in [0.3, 0.4) is 0 Å². The van der Waals surface area contributed by atoms with Crippen molar-refractivity contribution in [2.45, 2.75) is 32.3 Å². The summed E-state index contributed by atoms with van der Waals surface area (Å²) in [6.07, 6.45) is 1.41. The Hall–Kier alpha value is -0.730. The van der Waals surface area contributed by atoms with Crippen LogP contribution in [0.2, 0.25) is 5.02 Å². The zero-order chi connectivity index (χ0) is 11.5. The topological polar surface area (TPSA) is 21.3 Å². The minimum absolute atomic E-state index is 0.284. The molecule has 3 heteroatoms. The van der Waals surface area contributed by atoms with Crippen molar-refractivity contribution in [1.82, 2.24) is 5.32 Å². The first-order valence-corrected chi connectivity index (χ1v) is 6.25. The monoisotopic (exact) mass is 239 g/mol. The second-order valence-corrected chi connectivity index (χ2v) is 4.80. The highest BCUT2D eigenvalue weighted by Gasteiger charge is 2.19. The van der Waals surface area contributed by atoms with Crippen LogP contribution in [0, 0.1) is 0 Å². The molecule has 1 heterocycles. The fourth-order valence-electron chi connectivity index (χ4n) is 1.68. The Bertz CT molecular complexity index is 363. The molecule has 1 N–H and O–H groups in total. The van der Waals surface area contributed by atoms with Crippen molar-refractivity contribution in [3.63, 3.8) is 0 Å². The van der Waals surface area contributed by atoms with Gasteiger partial charge in [0.25, 0.3) is 0 Å². The fraction of sp³-hybridized carbons (Fsp3) is 0.538. The summed E-state index contributed by atoms with van der Waals surface area (Å²) < 4.78 is 5.76. The molecule has 0 bridgehead atoms. The molecule has 0 saturated carbocycles. The van der Waals surface area contributed by atoms with E-state index in [1.807, 2.05) is 12.1 Å². The summed E-state index contributed by atoms with van der Waals surface area (Å²) in [4.78, 5) is 0. The standard InChI is InChI=1S/C13H18ClNO/c1-3-9(2)10-4-5-13(12(14)6-10)16-11-7-15-8-11/h4-6,9,11,15H,3,7-8H2,1-2H3. The Kier molecular flexibility index (Phi) is 3.72. The van der Waals surface area contributed by atoms with Crippen molar-refractivity contribution in [2.75, 3.05) is 13.1 Å². The molecule has 0 radical (unpaired) electrons. The Morgan fingerprint density at radius 3 is 2.75 bits per heavy atom. The van der Waals surface area contributed by atoms with Crippen LogP contribution in [0.1, 0.15) is 31.7 Å². The molecular weight excluding hydrogens is 222 g/mol. The normalized spacial score (nSPS) is 17.9. The first kappa shape index (κ1) is 11.7. The molecule has 1 aliphatic rings. The van der Waals surface area contributed by atoms with E-state index in [1.54, 1.807) is 0 Å². The molecule has 0 aliphatic carbocycles. The lowest BCUT2D eigenvalue weighted by Gasteiger charge is -2.28. The van der Waals surface area contributed by atoms with Crippen molar-refractivity contribution in [3.05, 3.63) is 28.8 Å². The third-order valence-electron chi connectivity index (χ3n) is 3.17. The highest BCUT2D eigenvalue weighted by molar-refractivity contribution is 6.32. The van der Waals surface area contributed by atoms with Gasteiger partial charge in [-0.15, -0.1) is 0 Å². The molecule has 1 saturated heterocycles. The van der Waals surface area contributed by atoms with E-state index in [0.717, 1.165) is 30.3 Å². The molecule has 88 valence electrons. The molecule has 16 heavy (non-hydrogen) atoms. The summed E-state index contributed by atoms with van der Waals surface area (Å²) in [6.45, 7) is 6.23. The van der Waals surface area contributed by atoms with Crippen molar-refractivity contribution in [2.24, 2.45) is 0 Å². The van der Waals surface area contributed by atoms with Crippen molar-refractivity contribution in [3.8, 4) is 5.75 Å². The van der Waals surface area contributed by atoms with Crippen LogP contribution in [0.15, 0.2) is 18.2 Å². The van der Waals surface area contributed by atoms with Gasteiger partial charge in [0.05, 0.1) is 5.02 Å². The zero-order valence-electron chi connectivity index (χ0n) is 9.79. The maximum Gasteiger partial charge on any atom is 0.138 e. The van der Waals surface area contributed by atoms with E-state index in [1.165, 1.54) is 5.56 Å². The second kappa shape index (κ2) is 5.07. The van der Waals surface area contributed by atoms with Crippen LogP contribution in [0.25, 0.3) is 0 Å². The molecule has 0 aromatic heterocycles. The predicted octanol–water partition coefficient (Wildman–Crippen LogP) is 3.20. The highest BCUT2D eigenvalue weighted by atomic mass is 35.5. The molecule has 2 nitrogen and oxygen atoms in total. The van der Waals surface area contributed by atoms with E-state index in [4.69, 9.17) is 16.3 Å². The molecule has 1 unspecified atom stereocenters. The maximum absolute atomic E-state index is 6.21. The molecule has 1 fully saturated rings. The number of ether oxygens (including phenoxy) is 1. The first-order chi connectivity index (χ1) is 7.70. The molecule has 1 aromatic rings. The third-order valence-corrected chi connectivity index (χ3v) is 3.47. The lowest BCUT2D eigenvalue weighted by Crippen LogP contribution is -2.50. The maximum atomic E-state index is 6.21. The quantitative estimate of drug-likeness (QED) is 0.871. The van der Waals surface area contributed by atoms with Gasteiger partial charge in [0, 0.05) is 13.1 Å². The van der Waals surface area contributed by atoms with Crippen LogP contribution in [0.4, 0.5) is 0 Å². The smallest absolute Gasteiger partial charge is 0.138 e. The van der Waals surface area contributed by atoms with Gasteiger partial charge in [-0.05, 0) is 30.0 Å². The SMILES string of the molecule is CCC(C)c1ccc(OC2CNC2)c(Cl)c1. The molecular formula is C13H18ClNO. The minimum Gasteiger partial charge on any atom is -0.486 e. The van der Waals surface area contributed by atoms with Crippen LogP contribution in [-0.2, 0) is 0 Å². The zero-order valence-corrected chi connectivity index (χ0v) is 10.6. The number of nitrogens with one attached hydrogen (secondary N) is 1. The largest absolute Gasteiger partial charge is 0.486 e. The summed E-state index contributed by atoms with van der Waals surface area (Å²) in [5.74, 6) is 1.36. The van der Waals surface area contributed by atoms with Gasteiger partial charge in [0.15, 0.2) is 0 Å². The van der Waals surface area contributed by atoms with Gasteiger partial charge >= 0.3 is 0 Å². The van der Waals surface area contributed by atoms with Crippen LogP contribution in [-0.4, -0.2) is 19.2 Å². The summed E-state index contributed by atoms with van der Waals surface area (Å²) in [5.41, 5.74) is 1.28. The Labute approximate surface area is 102 Å². The minimum atomic E-state index is 0.284. The van der Waals surface area contributed by atoms with E-state index < -0.39 is 0 Å². The Morgan fingerprint density at radius 2 is 2.25 bits per heavy atom. The van der Waals surface area contributed by atoms with Gasteiger partial charge < -0.3 is 10.1 Å². The summed E-state index contributed by atoms with van der Waals surface area (Å²) in [7, 11) is 0. The molecule has 0 amide bonds. The van der Waals surface area contributed by atoms with E-state index >= 15 is 0 Å². The third kappa shape index (κ3) is 2.50. The first-order valence-electron chi connectivity index (χ1n) is 5.87. The molecule has 1 aromatic carbocycles. The van der Waals surface area contributed by atoms with Crippen LogP contribution >= 0.6 is 11.6 Å². The molecule has 0 spiro atoms. The van der Waals surface area contributed by atoms with E-state index in [-0.39, 0.29) is 6.10 Å². The van der Waals surface area contributed by atoms with E-state index in [0.29, 0.717) is 5.92 Å². The van der Waals surface area contributed by atoms with Gasteiger partial charge in [0.1, 0.15) is 11.9 Å². The number of hydrogen-bond acceptors (Lipinski definition) is 2. The number of rotatable bonds is 4. The van der Waals surface area contributed by atoms with Gasteiger partial charge in [-0.1, -0.05) is 31.5 Å². The number of halogens is 1. The Morgan fingerprint density at radius 1 is 1.50 bits per heavy atom. The van der Waals surface area contributed by atoms with Crippen molar-refractivity contribution in [1.29, 1.82) is 0 Å².